The normalized spacial score (nSPS) is 13.0. The van der Waals surface area contributed by atoms with Crippen molar-refractivity contribution in [2.45, 2.75) is 84.8 Å². The smallest absolute Gasteiger partial charge is 0.137 e. The number of hydrogen-bond donors (Lipinski definition) is 0. The Hall–Kier alpha value is -10.4. The van der Waals surface area contributed by atoms with Crippen LogP contribution in [0.3, 0.4) is 0 Å². The second-order valence-electron chi connectivity index (χ2n) is 23.5. The van der Waals surface area contributed by atoms with Crippen LogP contribution >= 0.6 is 23.5 Å². The molecule has 0 aliphatic carbocycles. The Morgan fingerprint density at radius 3 is 1.06 bits per heavy atom. The molecule has 3 aliphatic heterocycles. The highest BCUT2D eigenvalue weighted by Crippen LogP contribution is 2.52. The van der Waals surface area contributed by atoms with Crippen LogP contribution in [0.1, 0.15) is 76.3 Å². The van der Waals surface area contributed by atoms with E-state index < -0.39 is 0 Å². The summed E-state index contributed by atoms with van der Waals surface area (Å²) in [6.07, 6.45) is 20.9. The third kappa shape index (κ3) is 14.1. The van der Waals surface area contributed by atoms with E-state index in [4.69, 9.17) is 4.74 Å². The van der Waals surface area contributed by atoms with E-state index in [1.165, 1.54) is 92.0 Å². The number of rotatable bonds is 22. The lowest BCUT2D eigenvalue weighted by molar-refractivity contribution is 0.332. The maximum Gasteiger partial charge on any atom is 0.137 e. The fourth-order valence-corrected chi connectivity index (χ4v) is 14.8. The summed E-state index contributed by atoms with van der Waals surface area (Å²) in [6.45, 7) is 6.37. The Morgan fingerprint density at radius 2 is 0.710 bits per heavy atom. The van der Waals surface area contributed by atoms with Crippen LogP contribution in [-0.2, 0) is 4.74 Å². The van der Waals surface area contributed by atoms with Crippen molar-refractivity contribution in [1.82, 2.24) is 0 Å². The summed E-state index contributed by atoms with van der Waals surface area (Å²) in [6, 6.07) is 91.3. The van der Waals surface area contributed by atoms with E-state index in [9.17, 15) is 10.5 Å². The average molecular weight is 1250 g/mol. The third-order valence-corrected chi connectivity index (χ3v) is 19.3. The van der Waals surface area contributed by atoms with Crippen LogP contribution in [0, 0.1) is 22.7 Å². The van der Waals surface area contributed by atoms with Crippen molar-refractivity contribution >= 4 is 92.5 Å². The number of para-hydroxylation sites is 4. The highest BCUT2D eigenvalue weighted by Gasteiger charge is 2.27. The second kappa shape index (κ2) is 29.2. The maximum atomic E-state index is 10.1. The van der Waals surface area contributed by atoms with Gasteiger partial charge in [0.1, 0.15) is 29.2 Å². The standard InChI is InChI=1S/C84H72N6OS2/c1-3-5-7-21-51-87-77-47-33-61(53-81(77)92-83-57-65(39-49-79(83)87)63-35-41-73(42-36-63)89(69-23-13-9-14-24-69)70-25-15-10-16-26-70)31-45-75-55-67(68(59-85)60-86)56-76(91-75)46-32-62-34-48-78-82(54-62)93-84-58-66(40-50-80(84)88(78)52-22-8-6-4-2)64-37-43-74(44-38-64)90(71-27-17-11-18-28-71)72-29-19-12-20-30-72/h9-20,23-50,53-58H,3-8,21-22,51-52H2,1-2H3/b45-31+,46-32+. The molecule has 9 heteroatoms. The number of nitriles is 2. The molecule has 0 saturated heterocycles. The molecule has 10 aromatic carbocycles. The number of hydrogen-bond acceptors (Lipinski definition) is 9. The zero-order valence-corrected chi connectivity index (χ0v) is 54.2. The minimum absolute atomic E-state index is 0.0224. The average Bonchev–Trinajstić information content (AvgIpc) is 0.902. The van der Waals surface area contributed by atoms with Crippen LogP contribution in [0.5, 0.6) is 0 Å². The number of allylic oxidation sites excluding steroid dienone is 6. The summed E-state index contributed by atoms with van der Waals surface area (Å²) in [4.78, 5) is 14.4. The summed E-state index contributed by atoms with van der Waals surface area (Å²) in [5, 5.41) is 20.3. The van der Waals surface area contributed by atoms with E-state index in [1.807, 2.05) is 35.7 Å². The molecule has 0 saturated carbocycles. The molecule has 0 radical (unpaired) electrons. The molecule has 0 unspecified atom stereocenters. The molecule has 0 aromatic heterocycles. The zero-order chi connectivity index (χ0) is 63.3. The van der Waals surface area contributed by atoms with Gasteiger partial charge < -0.3 is 24.3 Å². The van der Waals surface area contributed by atoms with Crippen LogP contribution in [0.4, 0.5) is 56.9 Å². The molecule has 0 spiro atoms. The van der Waals surface area contributed by atoms with E-state index in [1.54, 1.807) is 12.2 Å². The van der Waals surface area contributed by atoms with Gasteiger partial charge in [-0.25, -0.2) is 0 Å². The van der Waals surface area contributed by atoms with Crippen molar-refractivity contribution < 1.29 is 4.74 Å². The van der Waals surface area contributed by atoms with Gasteiger partial charge in [-0.3, -0.25) is 0 Å². The first kappa shape index (κ1) is 61.4. The number of nitrogens with zero attached hydrogens (tertiary/aromatic N) is 6. The Bertz CT molecular complexity index is 4160. The van der Waals surface area contributed by atoms with E-state index in [0.29, 0.717) is 17.1 Å². The Morgan fingerprint density at radius 1 is 0.376 bits per heavy atom. The molecule has 13 rings (SSSR count). The van der Waals surface area contributed by atoms with Crippen LogP contribution in [0.2, 0.25) is 0 Å². The topological polar surface area (TPSA) is 69.8 Å². The molecule has 0 bridgehead atoms. The zero-order valence-electron chi connectivity index (χ0n) is 52.5. The lowest BCUT2D eigenvalue weighted by Crippen LogP contribution is -2.22. The lowest BCUT2D eigenvalue weighted by Gasteiger charge is -2.33. The van der Waals surface area contributed by atoms with Gasteiger partial charge in [0.05, 0.1) is 22.7 Å². The molecule has 456 valence electrons. The van der Waals surface area contributed by atoms with Gasteiger partial charge in [-0.05, 0) is 192 Å². The van der Waals surface area contributed by atoms with Crippen LogP contribution in [-0.4, -0.2) is 13.1 Å². The maximum absolute atomic E-state index is 10.1. The van der Waals surface area contributed by atoms with Gasteiger partial charge in [0.15, 0.2) is 0 Å². The van der Waals surface area contributed by atoms with Crippen molar-refractivity contribution in [3.63, 3.8) is 0 Å². The van der Waals surface area contributed by atoms with Gasteiger partial charge in [0.2, 0.25) is 0 Å². The molecular formula is C84H72N6OS2. The minimum atomic E-state index is 0.0224. The molecule has 3 aliphatic rings. The molecular weight excluding hydrogens is 1170 g/mol. The van der Waals surface area contributed by atoms with Gasteiger partial charge in [0.25, 0.3) is 0 Å². The summed E-state index contributed by atoms with van der Waals surface area (Å²) in [7, 11) is 0. The molecule has 0 fully saturated rings. The minimum Gasteiger partial charge on any atom is -0.457 e. The third-order valence-electron chi connectivity index (χ3n) is 17.2. The Balaban J connectivity index is 0.740. The van der Waals surface area contributed by atoms with E-state index in [0.717, 1.165) is 82.3 Å². The van der Waals surface area contributed by atoms with Crippen molar-refractivity contribution in [2.24, 2.45) is 0 Å². The number of ether oxygens (including phenoxy) is 1. The first-order valence-corrected chi connectivity index (χ1v) is 34.1. The van der Waals surface area contributed by atoms with Gasteiger partial charge in [-0.1, -0.05) is 209 Å². The van der Waals surface area contributed by atoms with Crippen molar-refractivity contribution in [3.05, 3.63) is 301 Å². The Kier molecular flexibility index (Phi) is 19.3. The summed E-state index contributed by atoms with van der Waals surface area (Å²) in [5.74, 6) is 1.06. The van der Waals surface area contributed by atoms with Crippen molar-refractivity contribution in [1.29, 1.82) is 10.5 Å². The van der Waals surface area contributed by atoms with Crippen LogP contribution < -0.4 is 19.6 Å². The molecule has 10 aromatic rings. The lowest BCUT2D eigenvalue weighted by atomic mass is 10.0. The molecule has 0 atom stereocenters. The number of benzene rings is 10. The second-order valence-corrected chi connectivity index (χ2v) is 25.6. The highest BCUT2D eigenvalue weighted by molar-refractivity contribution is 8.00. The molecule has 3 heterocycles. The fourth-order valence-electron chi connectivity index (χ4n) is 12.4. The number of fused-ring (bicyclic) bond motifs is 4. The SMILES string of the molecule is CCCCCCN1c2ccc(/C=C/C3=CC(=C(C#N)C#N)C=C(/C=C/c4ccc5c(c4)Sc4cc(-c6ccc(N(c7ccccc7)c7ccccc7)cc6)ccc4N5CCCCCC)O3)cc2Sc2cc(-c3ccc(N(c4ccccc4)c4ccccc4)cc3)ccc21. The van der Waals surface area contributed by atoms with Gasteiger partial charge >= 0.3 is 0 Å². The summed E-state index contributed by atoms with van der Waals surface area (Å²) < 4.78 is 6.58. The number of anilines is 10. The quantitative estimate of drug-likeness (QED) is 0.0487. The van der Waals surface area contributed by atoms with Crippen LogP contribution in [0.15, 0.2) is 309 Å². The van der Waals surface area contributed by atoms with Crippen molar-refractivity contribution in [2.75, 3.05) is 32.7 Å². The van der Waals surface area contributed by atoms with Gasteiger partial charge in [-0.15, -0.1) is 0 Å². The predicted octanol–water partition coefficient (Wildman–Crippen LogP) is 24.2. The van der Waals surface area contributed by atoms with Crippen LogP contribution in [0.25, 0.3) is 34.4 Å². The van der Waals surface area contributed by atoms with Crippen molar-refractivity contribution in [3.8, 4) is 34.4 Å². The number of unbranched alkanes of at least 4 members (excludes halogenated alkanes) is 6. The molecule has 0 amide bonds. The van der Waals surface area contributed by atoms with E-state index in [-0.39, 0.29) is 5.57 Å². The predicted molar refractivity (Wildman–Crippen MR) is 390 cm³/mol. The van der Waals surface area contributed by atoms with E-state index in [2.05, 4.69) is 300 Å². The van der Waals surface area contributed by atoms with Gasteiger partial charge in [-0.2, -0.15) is 10.5 Å². The summed E-state index contributed by atoms with van der Waals surface area (Å²) >= 11 is 3.62. The largest absolute Gasteiger partial charge is 0.457 e. The first-order valence-electron chi connectivity index (χ1n) is 32.4. The monoisotopic (exact) mass is 1240 g/mol. The summed E-state index contributed by atoms with van der Waals surface area (Å²) in [5.41, 5.74) is 18.7. The first-order chi connectivity index (χ1) is 45.9. The highest BCUT2D eigenvalue weighted by atomic mass is 32.2. The fraction of sp³-hybridized carbons (Fsp3) is 0.143. The molecule has 7 nitrogen and oxygen atoms in total. The van der Waals surface area contributed by atoms with Gasteiger partial charge in [0, 0.05) is 72.4 Å². The molecule has 0 N–H and O–H groups in total. The molecule has 93 heavy (non-hydrogen) atoms. The van der Waals surface area contributed by atoms with E-state index >= 15 is 0 Å². The Labute approximate surface area is 556 Å².